The summed E-state index contributed by atoms with van der Waals surface area (Å²) < 4.78 is 24.3. The molecule has 4 aliphatic carbocycles. The second-order valence-electron chi connectivity index (χ2n) is 6.68. The van der Waals surface area contributed by atoms with Crippen molar-refractivity contribution in [1.29, 1.82) is 5.26 Å². The highest BCUT2D eigenvalue weighted by molar-refractivity contribution is 7.92. The predicted octanol–water partition coefficient (Wildman–Crippen LogP) is 2.39. The van der Waals surface area contributed by atoms with Gasteiger partial charge in [-0.05, 0) is 68.6 Å². The predicted molar refractivity (Wildman–Crippen MR) is 69.4 cm³/mol. The van der Waals surface area contributed by atoms with Crippen molar-refractivity contribution in [2.45, 2.75) is 44.3 Å². The van der Waals surface area contributed by atoms with Crippen LogP contribution < -0.4 is 0 Å². The van der Waals surface area contributed by atoms with Gasteiger partial charge in [0.25, 0.3) is 0 Å². The van der Waals surface area contributed by atoms with Crippen LogP contribution in [0.5, 0.6) is 0 Å². The lowest BCUT2D eigenvalue weighted by atomic mass is 9.51. The highest BCUT2D eigenvalue weighted by Gasteiger charge is 2.51. The van der Waals surface area contributed by atoms with E-state index in [0.717, 1.165) is 11.8 Å². The summed E-state index contributed by atoms with van der Waals surface area (Å²) in [5.41, 5.74) is 0. The van der Waals surface area contributed by atoms with E-state index in [1.807, 2.05) is 13.0 Å². The molecular formula is C14H21NO2S. The average molecular weight is 267 g/mol. The van der Waals surface area contributed by atoms with Gasteiger partial charge >= 0.3 is 0 Å². The molecule has 0 aromatic rings. The summed E-state index contributed by atoms with van der Waals surface area (Å²) in [6, 6.07) is 1.82. The number of rotatable bonds is 3. The molecule has 0 spiro atoms. The van der Waals surface area contributed by atoms with Crippen LogP contribution in [0.2, 0.25) is 0 Å². The number of nitrogens with zero attached hydrogens (tertiary/aromatic N) is 1. The van der Waals surface area contributed by atoms with E-state index in [1.54, 1.807) is 0 Å². The van der Waals surface area contributed by atoms with E-state index in [4.69, 9.17) is 5.26 Å². The Kier molecular flexibility index (Phi) is 2.93. The summed E-state index contributed by atoms with van der Waals surface area (Å²) in [4.78, 5) is 0. The normalized spacial score (nSPS) is 43.7. The Balaban J connectivity index is 1.83. The second kappa shape index (κ2) is 4.23. The van der Waals surface area contributed by atoms with Crippen LogP contribution in [-0.2, 0) is 9.84 Å². The Labute approximate surface area is 109 Å². The first-order chi connectivity index (χ1) is 8.51. The van der Waals surface area contributed by atoms with Crippen LogP contribution in [0.15, 0.2) is 0 Å². The topological polar surface area (TPSA) is 57.9 Å². The molecule has 4 rings (SSSR count). The van der Waals surface area contributed by atoms with Crippen LogP contribution in [0.1, 0.15) is 39.0 Å². The van der Waals surface area contributed by atoms with Crippen molar-refractivity contribution in [3.8, 4) is 6.07 Å². The van der Waals surface area contributed by atoms with E-state index >= 15 is 0 Å². The third-order valence-corrected chi connectivity index (χ3v) is 7.65. The van der Waals surface area contributed by atoms with E-state index in [1.165, 1.54) is 32.1 Å². The lowest BCUT2D eigenvalue weighted by molar-refractivity contribution is -0.0360. The van der Waals surface area contributed by atoms with Crippen LogP contribution >= 0.6 is 0 Å². The largest absolute Gasteiger partial charge is 0.227 e. The molecule has 0 amide bonds. The van der Waals surface area contributed by atoms with Crippen molar-refractivity contribution < 1.29 is 8.42 Å². The fourth-order valence-corrected chi connectivity index (χ4v) is 6.56. The maximum Gasteiger partial charge on any atom is 0.166 e. The van der Waals surface area contributed by atoms with Crippen LogP contribution in [0, 0.1) is 40.9 Å². The molecule has 4 heteroatoms. The van der Waals surface area contributed by atoms with Crippen molar-refractivity contribution >= 4 is 9.84 Å². The molecule has 0 aromatic heterocycles. The minimum absolute atomic E-state index is 0.309. The van der Waals surface area contributed by atoms with E-state index in [0.29, 0.717) is 17.8 Å². The van der Waals surface area contributed by atoms with Gasteiger partial charge in [-0.25, -0.2) is 8.42 Å². The first-order valence-corrected chi connectivity index (χ1v) is 8.81. The van der Waals surface area contributed by atoms with E-state index in [2.05, 4.69) is 0 Å². The van der Waals surface area contributed by atoms with Gasteiger partial charge in [-0.3, -0.25) is 0 Å². The number of hydrogen-bond donors (Lipinski definition) is 0. The van der Waals surface area contributed by atoms with Crippen molar-refractivity contribution in [1.82, 2.24) is 0 Å². The summed E-state index contributed by atoms with van der Waals surface area (Å²) in [7, 11) is -3.22. The molecule has 4 aliphatic rings. The van der Waals surface area contributed by atoms with Crippen LogP contribution in [0.25, 0.3) is 0 Å². The van der Waals surface area contributed by atoms with Crippen molar-refractivity contribution in [3.63, 3.8) is 0 Å². The molecule has 4 fully saturated rings. The smallest absolute Gasteiger partial charge is 0.166 e. The van der Waals surface area contributed by atoms with Crippen LogP contribution in [0.3, 0.4) is 0 Å². The van der Waals surface area contributed by atoms with Crippen LogP contribution in [0.4, 0.5) is 0 Å². The molecule has 100 valence electrons. The summed E-state index contributed by atoms with van der Waals surface area (Å²) in [6.45, 7) is 1.85. The molecule has 3 nitrogen and oxygen atoms in total. The lowest BCUT2D eigenvalue weighted by Gasteiger charge is -2.55. The molecule has 4 bridgehead atoms. The zero-order valence-corrected chi connectivity index (χ0v) is 11.7. The fourth-order valence-electron chi connectivity index (χ4n) is 5.19. The first kappa shape index (κ1) is 12.5. The van der Waals surface area contributed by atoms with Gasteiger partial charge in [0.05, 0.1) is 11.3 Å². The van der Waals surface area contributed by atoms with Gasteiger partial charge in [-0.2, -0.15) is 5.26 Å². The van der Waals surface area contributed by atoms with Gasteiger partial charge in [0.2, 0.25) is 0 Å². The van der Waals surface area contributed by atoms with E-state index < -0.39 is 9.84 Å². The summed E-state index contributed by atoms with van der Waals surface area (Å²) in [6.07, 6.45) is 6.35. The Morgan fingerprint density at radius 3 is 2.06 bits per heavy atom. The van der Waals surface area contributed by atoms with Crippen molar-refractivity contribution in [3.05, 3.63) is 0 Å². The standard InChI is InChI=1S/C14H21NO2S/c1-9(18(16,17)3-2-15)14-12-5-10-4-11(7-12)8-13(14)6-10/h9-14H,3-8H2,1H3. The number of sulfone groups is 1. The summed E-state index contributed by atoms with van der Waals surface area (Å²) in [5, 5.41) is 8.36. The van der Waals surface area contributed by atoms with Crippen molar-refractivity contribution in [2.24, 2.45) is 29.6 Å². The maximum absolute atomic E-state index is 12.1. The molecule has 4 saturated carbocycles. The highest BCUT2D eigenvalue weighted by Crippen LogP contribution is 2.58. The molecule has 0 saturated heterocycles. The van der Waals surface area contributed by atoms with Gasteiger partial charge in [0.15, 0.2) is 9.84 Å². The zero-order valence-electron chi connectivity index (χ0n) is 10.9. The third-order valence-electron chi connectivity index (χ3n) is 5.67. The highest BCUT2D eigenvalue weighted by atomic mass is 32.2. The Morgan fingerprint density at radius 1 is 1.11 bits per heavy atom. The van der Waals surface area contributed by atoms with E-state index in [9.17, 15) is 8.42 Å². The minimum Gasteiger partial charge on any atom is -0.227 e. The van der Waals surface area contributed by atoms with Gasteiger partial charge in [0, 0.05) is 0 Å². The summed E-state index contributed by atoms with van der Waals surface area (Å²) in [5.74, 6) is 2.99. The SMILES string of the molecule is CC(C1C2CC3CC(C2)CC1C3)S(=O)(=O)CC#N. The average Bonchev–Trinajstić information content (AvgIpc) is 2.27. The quantitative estimate of drug-likeness (QED) is 0.789. The number of nitriles is 1. The molecule has 1 unspecified atom stereocenters. The van der Waals surface area contributed by atoms with Gasteiger partial charge in [-0.15, -0.1) is 0 Å². The van der Waals surface area contributed by atoms with Gasteiger partial charge in [-0.1, -0.05) is 0 Å². The lowest BCUT2D eigenvalue weighted by Crippen LogP contribution is -2.50. The molecular weight excluding hydrogens is 246 g/mol. The van der Waals surface area contributed by atoms with Crippen molar-refractivity contribution in [2.75, 3.05) is 5.75 Å². The number of hydrogen-bond acceptors (Lipinski definition) is 3. The molecule has 0 aromatic carbocycles. The monoisotopic (exact) mass is 267 g/mol. The molecule has 0 heterocycles. The van der Waals surface area contributed by atoms with Gasteiger partial charge < -0.3 is 0 Å². The fraction of sp³-hybridized carbons (Fsp3) is 0.929. The molecule has 0 aliphatic heterocycles. The summed E-state index contributed by atoms with van der Waals surface area (Å²) >= 11 is 0. The Hall–Kier alpha value is -0.560. The second-order valence-corrected chi connectivity index (χ2v) is 9.04. The molecule has 1 atom stereocenters. The minimum atomic E-state index is -3.22. The third kappa shape index (κ3) is 1.87. The maximum atomic E-state index is 12.1. The van der Waals surface area contributed by atoms with Crippen LogP contribution in [-0.4, -0.2) is 19.4 Å². The molecule has 18 heavy (non-hydrogen) atoms. The first-order valence-electron chi connectivity index (χ1n) is 7.09. The van der Waals surface area contributed by atoms with Gasteiger partial charge in [0.1, 0.15) is 5.75 Å². The molecule has 0 radical (unpaired) electrons. The Morgan fingerprint density at radius 2 is 1.61 bits per heavy atom. The Bertz CT molecular complexity index is 449. The van der Waals surface area contributed by atoms with E-state index in [-0.39, 0.29) is 11.0 Å². The molecule has 0 N–H and O–H groups in total. The zero-order chi connectivity index (χ0) is 12.9.